The van der Waals surface area contributed by atoms with Crippen molar-refractivity contribution in [2.24, 2.45) is 0 Å². The van der Waals surface area contributed by atoms with E-state index in [4.69, 9.17) is 18.6 Å². The van der Waals surface area contributed by atoms with Crippen LogP contribution in [0.2, 0.25) is 0 Å². The van der Waals surface area contributed by atoms with Gasteiger partial charge in [0.15, 0.2) is 0 Å². The van der Waals surface area contributed by atoms with Crippen molar-refractivity contribution in [2.45, 2.75) is 58.3 Å². The summed E-state index contributed by atoms with van der Waals surface area (Å²) in [5, 5.41) is 0. The zero-order valence-corrected chi connectivity index (χ0v) is 16.3. The van der Waals surface area contributed by atoms with Gasteiger partial charge in [-0.1, -0.05) is 12.1 Å². The van der Waals surface area contributed by atoms with Crippen LogP contribution < -0.4 is 10.9 Å². The first-order valence-electron chi connectivity index (χ1n) is 8.50. The molecule has 0 N–H and O–H groups in total. The Morgan fingerprint density at radius 1 is 0.840 bits per heavy atom. The number of aromatic nitrogens is 2. The Hall–Kier alpha value is -0.990. The molecule has 0 unspecified atom stereocenters. The maximum Gasteiger partial charge on any atom is 0.497 e. The maximum atomic E-state index is 6.18. The van der Waals surface area contributed by atoms with Gasteiger partial charge in [-0.15, -0.1) is 0 Å². The SMILES string of the molecule is CC1(C)COB(c2ccc(B3OC(C)(C)C(C)(C)O3)c3nsnc23)O1. The molecule has 1 aromatic carbocycles. The van der Waals surface area contributed by atoms with Crippen LogP contribution in [0.15, 0.2) is 12.1 Å². The van der Waals surface area contributed by atoms with Crippen molar-refractivity contribution in [3.63, 3.8) is 0 Å². The number of rotatable bonds is 2. The van der Waals surface area contributed by atoms with Crippen LogP contribution in [-0.2, 0) is 18.6 Å². The lowest BCUT2D eigenvalue weighted by Gasteiger charge is -2.32. The van der Waals surface area contributed by atoms with Crippen LogP contribution in [0.5, 0.6) is 0 Å². The smallest absolute Gasteiger partial charge is 0.404 e. The van der Waals surface area contributed by atoms with Gasteiger partial charge in [0.25, 0.3) is 0 Å². The van der Waals surface area contributed by atoms with Crippen LogP contribution in [0.1, 0.15) is 41.5 Å². The second-order valence-corrected chi connectivity index (χ2v) is 8.84. The van der Waals surface area contributed by atoms with E-state index < -0.39 is 25.4 Å². The van der Waals surface area contributed by atoms with Crippen molar-refractivity contribution in [3.8, 4) is 0 Å². The van der Waals surface area contributed by atoms with Crippen molar-refractivity contribution >= 4 is 47.9 Å². The van der Waals surface area contributed by atoms with Crippen molar-refractivity contribution in [1.29, 1.82) is 0 Å². The van der Waals surface area contributed by atoms with E-state index in [2.05, 4.69) is 8.75 Å². The molecule has 0 radical (unpaired) electrons. The van der Waals surface area contributed by atoms with E-state index in [0.717, 1.165) is 22.0 Å². The van der Waals surface area contributed by atoms with Crippen LogP contribution in [0.4, 0.5) is 0 Å². The summed E-state index contributed by atoms with van der Waals surface area (Å²) < 4.78 is 33.1. The maximum absolute atomic E-state index is 6.18. The lowest BCUT2D eigenvalue weighted by Crippen LogP contribution is -2.41. The molecule has 2 saturated heterocycles. The molecule has 2 aromatic rings. The summed E-state index contributed by atoms with van der Waals surface area (Å²) in [7, 11) is -0.888. The highest BCUT2D eigenvalue weighted by atomic mass is 32.1. The van der Waals surface area contributed by atoms with Crippen LogP contribution in [0, 0.1) is 0 Å². The van der Waals surface area contributed by atoms with Gasteiger partial charge in [-0.3, -0.25) is 0 Å². The number of hydrogen-bond donors (Lipinski definition) is 0. The molecule has 4 rings (SSSR count). The molecule has 132 valence electrons. The molecule has 0 spiro atoms. The molecule has 6 nitrogen and oxygen atoms in total. The minimum atomic E-state index is -0.465. The predicted octanol–water partition coefficient (Wildman–Crippen LogP) is 1.51. The molecule has 2 fully saturated rings. The van der Waals surface area contributed by atoms with Gasteiger partial charge in [-0.05, 0) is 41.5 Å². The van der Waals surface area contributed by atoms with Gasteiger partial charge in [0.2, 0.25) is 0 Å². The van der Waals surface area contributed by atoms with Gasteiger partial charge >= 0.3 is 14.2 Å². The second-order valence-electron chi connectivity index (χ2n) is 8.31. The van der Waals surface area contributed by atoms with Crippen LogP contribution in [0.25, 0.3) is 11.0 Å². The fourth-order valence-corrected chi connectivity index (χ4v) is 3.63. The molecular weight excluding hydrogens is 338 g/mol. The number of nitrogens with zero attached hydrogens (tertiary/aromatic N) is 2. The number of hydrogen-bond acceptors (Lipinski definition) is 7. The van der Waals surface area contributed by atoms with Gasteiger partial charge in [-0.2, -0.15) is 8.75 Å². The quantitative estimate of drug-likeness (QED) is 0.757. The van der Waals surface area contributed by atoms with Crippen LogP contribution in [0.3, 0.4) is 0 Å². The topological polar surface area (TPSA) is 62.7 Å². The average Bonchev–Trinajstić information content (AvgIpc) is 3.15. The Kier molecular flexibility index (Phi) is 3.84. The van der Waals surface area contributed by atoms with Gasteiger partial charge in [0, 0.05) is 10.9 Å². The molecule has 2 aliphatic heterocycles. The third-order valence-corrected chi connectivity index (χ3v) is 5.78. The Morgan fingerprint density at radius 3 is 1.84 bits per heavy atom. The highest BCUT2D eigenvalue weighted by Gasteiger charge is 2.52. The fraction of sp³-hybridized carbons (Fsp3) is 0.625. The van der Waals surface area contributed by atoms with Gasteiger partial charge in [0.05, 0.1) is 35.1 Å². The fourth-order valence-electron chi connectivity index (χ4n) is 3.04. The molecule has 0 aliphatic carbocycles. The van der Waals surface area contributed by atoms with E-state index in [1.54, 1.807) is 0 Å². The summed E-state index contributed by atoms with van der Waals surface area (Å²) in [4.78, 5) is 0. The Bertz CT molecular complexity index is 808. The van der Waals surface area contributed by atoms with Crippen molar-refractivity contribution in [3.05, 3.63) is 12.1 Å². The van der Waals surface area contributed by atoms with E-state index in [-0.39, 0.29) is 5.60 Å². The largest absolute Gasteiger partial charge is 0.497 e. The summed E-state index contributed by atoms with van der Waals surface area (Å²) in [6, 6.07) is 3.97. The molecule has 0 saturated carbocycles. The summed E-state index contributed by atoms with van der Waals surface area (Å²) in [5.74, 6) is 0. The van der Waals surface area contributed by atoms with E-state index in [1.165, 1.54) is 11.7 Å². The first-order valence-corrected chi connectivity index (χ1v) is 9.23. The molecular formula is C16H22B2N2O4S. The highest BCUT2D eigenvalue weighted by molar-refractivity contribution is 7.00. The molecule has 1 aromatic heterocycles. The Morgan fingerprint density at radius 2 is 1.36 bits per heavy atom. The van der Waals surface area contributed by atoms with Gasteiger partial charge in [0.1, 0.15) is 11.0 Å². The number of benzene rings is 1. The molecule has 0 amide bonds. The number of fused-ring (bicyclic) bond motifs is 1. The first-order chi connectivity index (χ1) is 11.6. The Labute approximate surface area is 152 Å². The Balaban J connectivity index is 1.72. The molecule has 2 aliphatic rings. The van der Waals surface area contributed by atoms with Crippen molar-refractivity contribution in [2.75, 3.05) is 6.61 Å². The molecule has 3 heterocycles. The standard InChI is InChI=1S/C16H22B2N2O4S/c1-14(2)9-21-17(22-14)10-7-8-11(13-12(10)19-25-20-13)18-23-15(3,4)16(5,6)24-18/h7-8H,9H2,1-6H3. The van der Waals surface area contributed by atoms with Crippen molar-refractivity contribution < 1.29 is 18.6 Å². The van der Waals surface area contributed by atoms with Gasteiger partial charge < -0.3 is 18.6 Å². The lowest BCUT2D eigenvalue weighted by molar-refractivity contribution is 0.00578. The molecule has 0 atom stereocenters. The summed E-state index contributed by atoms with van der Waals surface area (Å²) in [5.41, 5.74) is 2.28. The average molecular weight is 360 g/mol. The first kappa shape index (κ1) is 17.4. The predicted molar refractivity (Wildman–Crippen MR) is 99.6 cm³/mol. The van der Waals surface area contributed by atoms with Crippen LogP contribution >= 0.6 is 11.7 Å². The van der Waals surface area contributed by atoms with E-state index in [1.807, 2.05) is 53.7 Å². The zero-order chi connectivity index (χ0) is 18.0. The monoisotopic (exact) mass is 360 g/mol. The highest BCUT2D eigenvalue weighted by Crippen LogP contribution is 2.37. The third-order valence-electron chi connectivity index (χ3n) is 5.25. The molecule has 25 heavy (non-hydrogen) atoms. The third kappa shape index (κ3) is 2.82. The van der Waals surface area contributed by atoms with Gasteiger partial charge in [-0.25, -0.2) is 0 Å². The minimum Gasteiger partial charge on any atom is -0.404 e. The van der Waals surface area contributed by atoms with Crippen LogP contribution in [-0.4, -0.2) is 46.4 Å². The van der Waals surface area contributed by atoms with Crippen molar-refractivity contribution in [1.82, 2.24) is 8.75 Å². The summed E-state index contributed by atoms with van der Waals surface area (Å²) in [6.07, 6.45) is 0. The van der Waals surface area contributed by atoms with E-state index in [9.17, 15) is 0 Å². The van der Waals surface area contributed by atoms with E-state index in [0.29, 0.717) is 6.61 Å². The summed E-state index contributed by atoms with van der Waals surface area (Å²) >= 11 is 1.18. The lowest BCUT2D eigenvalue weighted by atomic mass is 9.72. The summed E-state index contributed by atoms with van der Waals surface area (Å²) in [6.45, 7) is 12.8. The molecule has 9 heteroatoms. The van der Waals surface area contributed by atoms with E-state index >= 15 is 0 Å². The second kappa shape index (κ2) is 5.50. The zero-order valence-electron chi connectivity index (χ0n) is 15.5. The normalized spacial score (nSPS) is 24.4. The minimum absolute atomic E-state index is 0.301. The molecule has 0 bridgehead atoms.